The Morgan fingerprint density at radius 3 is 2.47 bits per heavy atom. The fourth-order valence-corrected chi connectivity index (χ4v) is 6.09. The Hall–Kier alpha value is -2.49. The average molecular weight is 491 g/mol. The average Bonchev–Trinajstić information content (AvgIpc) is 3.66. The van der Waals surface area contributed by atoms with E-state index in [1.165, 1.54) is 22.5 Å². The molecule has 1 fully saturated rings. The summed E-state index contributed by atoms with van der Waals surface area (Å²) >= 11 is 0. The minimum atomic E-state index is -3.96. The largest absolute Gasteiger partial charge is 0.487 e. The van der Waals surface area contributed by atoms with Crippen LogP contribution in [0.1, 0.15) is 26.7 Å². The zero-order valence-electron chi connectivity index (χ0n) is 19.6. The maximum atomic E-state index is 13.6. The van der Waals surface area contributed by atoms with E-state index >= 15 is 0 Å². The molecule has 2 aliphatic rings. The van der Waals surface area contributed by atoms with E-state index in [-0.39, 0.29) is 47.4 Å². The van der Waals surface area contributed by atoms with Gasteiger partial charge in [0.25, 0.3) is 0 Å². The predicted octanol–water partition coefficient (Wildman–Crippen LogP) is 3.13. The molecule has 1 saturated carbocycles. The topological polar surface area (TPSA) is 87.2 Å². The number of benzene rings is 2. The van der Waals surface area contributed by atoms with Crippen molar-refractivity contribution in [3.05, 3.63) is 48.3 Å². The molecule has 1 heterocycles. The van der Waals surface area contributed by atoms with Crippen molar-refractivity contribution in [1.29, 1.82) is 0 Å². The molecule has 0 radical (unpaired) electrons. The summed E-state index contributed by atoms with van der Waals surface area (Å²) in [6.07, 6.45) is 1.33. The van der Waals surface area contributed by atoms with Gasteiger partial charge in [-0.15, -0.1) is 0 Å². The highest BCUT2D eigenvalue weighted by Crippen LogP contribution is 2.37. The smallest absolute Gasteiger partial charge is 0.247 e. The molecule has 3 atom stereocenters. The van der Waals surface area contributed by atoms with Gasteiger partial charge in [0.1, 0.15) is 22.6 Å². The number of hydrogen-bond donors (Lipinski definition) is 1. The lowest BCUT2D eigenvalue weighted by atomic mass is 10.0. The van der Waals surface area contributed by atoms with Crippen LogP contribution in [0.15, 0.2) is 47.4 Å². The van der Waals surface area contributed by atoms with Gasteiger partial charge in [-0.05, 0) is 55.2 Å². The zero-order valence-corrected chi connectivity index (χ0v) is 20.5. The number of aliphatic hydroxyl groups excluding tert-OH is 1. The summed E-state index contributed by atoms with van der Waals surface area (Å²) in [5.41, 5.74) is 1.41. The van der Waals surface area contributed by atoms with E-state index in [1.807, 2.05) is 6.92 Å². The molecule has 1 N–H and O–H groups in total. The van der Waals surface area contributed by atoms with E-state index in [1.54, 1.807) is 43.1 Å². The minimum absolute atomic E-state index is 0.00624. The zero-order chi connectivity index (χ0) is 24.6. The maximum Gasteiger partial charge on any atom is 0.247 e. The first-order chi connectivity index (χ1) is 16.1. The molecule has 7 nitrogen and oxygen atoms in total. The molecule has 34 heavy (non-hydrogen) atoms. The lowest BCUT2D eigenvalue weighted by Crippen LogP contribution is -2.50. The highest BCUT2D eigenvalue weighted by atomic mass is 32.2. The SMILES string of the molecule is C[C@@H]1CN([C@H](C)CO)S(=O)(=O)c2ccc(-c3ccc(F)cc3)cc2O[C@@H]1CN(C)C(=O)C1CC1. The Morgan fingerprint density at radius 1 is 1.21 bits per heavy atom. The van der Waals surface area contributed by atoms with Crippen molar-refractivity contribution >= 4 is 15.9 Å². The number of rotatable bonds is 6. The van der Waals surface area contributed by atoms with E-state index in [9.17, 15) is 22.7 Å². The minimum Gasteiger partial charge on any atom is -0.487 e. The molecule has 1 aliphatic carbocycles. The number of nitrogens with zero attached hydrogens (tertiary/aromatic N) is 2. The third-order valence-corrected chi connectivity index (χ3v) is 8.62. The van der Waals surface area contributed by atoms with Crippen LogP contribution in [-0.2, 0) is 14.8 Å². The summed E-state index contributed by atoms with van der Waals surface area (Å²) in [6.45, 7) is 3.70. The summed E-state index contributed by atoms with van der Waals surface area (Å²) in [7, 11) is -2.21. The molecule has 0 unspecified atom stereocenters. The van der Waals surface area contributed by atoms with E-state index in [4.69, 9.17) is 4.74 Å². The molecule has 2 aromatic carbocycles. The number of carbonyl (C=O) groups excluding carboxylic acids is 1. The highest BCUT2D eigenvalue weighted by molar-refractivity contribution is 7.89. The van der Waals surface area contributed by atoms with Crippen LogP contribution in [0.25, 0.3) is 11.1 Å². The first-order valence-corrected chi connectivity index (χ1v) is 13.0. The molecule has 0 spiro atoms. The number of aliphatic hydroxyl groups is 1. The van der Waals surface area contributed by atoms with Gasteiger partial charge >= 0.3 is 0 Å². The monoisotopic (exact) mass is 490 g/mol. The van der Waals surface area contributed by atoms with Gasteiger partial charge in [-0.3, -0.25) is 4.79 Å². The lowest BCUT2D eigenvalue weighted by Gasteiger charge is -2.37. The van der Waals surface area contributed by atoms with Crippen LogP contribution in [-0.4, -0.2) is 67.5 Å². The lowest BCUT2D eigenvalue weighted by molar-refractivity contribution is -0.132. The maximum absolute atomic E-state index is 13.6. The van der Waals surface area contributed by atoms with Gasteiger partial charge in [-0.2, -0.15) is 4.31 Å². The van der Waals surface area contributed by atoms with Crippen molar-refractivity contribution in [2.24, 2.45) is 11.8 Å². The second kappa shape index (κ2) is 9.64. The Balaban J connectivity index is 1.76. The fourth-order valence-electron chi connectivity index (χ4n) is 4.27. The van der Waals surface area contributed by atoms with Crippen molar-refractivity contribution in [1.82, 2.24) is 9.21 Å². The van der Waals surface area contributed by atoms with Crippen molar-refractivity contribution < 1.29 is 27.4 Å². The molecule has 184 valence electrons. The van der Waals surface area contributed by atoms with Crippen LogP contribution >= 0.6 is 0 Å². The number of amides is 1. The van der Waals surface area contributed by atoms with Crippen LogP contribution in [0.4, 0.5) is 4.39 Å². The van der Waals surface area contributed by atoms with Crippen LogP contribution in [0.5, 0.6) is 5.75 Å². The standard InChI is InChI=1S/C25H31FN2O5S/c1-16-13-28(17(2)15-29)34(31,32)24-11-8-20(18-6-9-21(26)10-7-18)12-22(24)33-23(16)14-27(3)25(30)19-4-5-19/h6-12,16-17,19,23,29H,4-5,13-15H2,1-3H3/t16-,17-,23-/m1/s1. The molecular weight excluding hydrogens is 459 g/mol. The van der Waals surface area contributed by atoms with Gasteiger partial charge in [0.15, 0.2) is 0 Å². The Labute approximate surface area is 200 Å². The second-order valence-electron chi connectivity index (χ2n) is 9.40. The fraction of sp³-hybridized carbons (Fsp3) is 0.480. The highest BCUT2D eigenvalue weighted by Gasteiger charge is 2.39. The van der Waals surface area contributed by atoms with E-state index in [0.29, 0.717) is 12.1 Å². The predicted molar refractivity (Wildman–Crippen MR) is 126 cm³/mol. The van der Waals surface area contributed by atoms with E-state index < -0.39 is 22.2 Å². The molecule has 2 aromatic rings. The molecule has 4 rings (SSSR count). The molecule has 1 aliphatic heterocycles. The Morgan fingerprint density at radius 2 is 1.85 bits per heavy atom. The normalized spacial score (nSPS) is 23.2. The molecule has 9 heteroatoms. The van der Waals surface area contributed by atoms with Crippen molar-refractivity contribution in [2.75, 3.05) is 26.7 Å². The van der Waals surface area contributed by atoms with Gasteiger partial charge < -0.3 is 14.7 Å². The number of sulfonamides is 1. The van der Waals surface area contributed by atoms with E-state index in [2.05, 4.69) is 0 Å². The van der Waals surface area contributed by atoms with Gasteiger partial charge in [0.05, 0.1) is 13.2 Å². The Bertz CT molecular complexity index is 1150. The molecular formula is C25H31FN2O5S. The van der Waals surface area contributed by atoms with Gasteiger partial charge in [-0.25, -0.2) is 12.8 Å². The summed E-state index contributed by atoms with van der Waals surface area (Å²) in [5, 5.41) is 9.76. The third-order valence-electron chi connectivity index (χ3n) is 6.60. The van der Waals surface area contributed by atoms with Crippen molar-refractivity contribution in [2.45, 2.75) is 43.7 Å². The third kappa shape index (κ3) is 4.96. The van der Waals surface area contributed by atoms with Gasteiger partial charge in [0.2, 0.25) is 15.9 Å². The van der Waals surface area contributed by atoms with Crippen LogP contribution in [0.2, 0.25) is 0 Å². The molecule has 0 saturated heterocycles. The summed E-state index contributed by atoms with van der Waals surface area (Å²) in [4.78, 5) is 14.2. The number of halogens is 1. The van der Waals surface area contributed by atoms with Crippen LogP contribution in [0.3, 0.4) is 0 Å². The van der Waals surface area contributed by atoms with Gasteiger partial charge in [-0.1, -0.05) is 25.1 Å². The number of ether oxygens (including phenoxy) is 1. The first kappa shape index (κ1) is 24.6. The molecule has 0 aromatic heterocycles. The van der Waals surface area contributed by atoms with Crippen LogP contribution in [0, 0.1) is 17.7 Å². The van der Waals surface area contributed by atoms with E-state index in [0.717, 1.165) is 18.4 Å². The van der Waals surface area contributed by atoms with Gasteiger partial charge in [0, 0.05) is 31.5 Å². The van der Waals surface area contributed by atoms with Crippen LogP contribution < -0.4 is 4.74 Å². The number of fused-ring (bicyclic) bond motifs is 1. The number of likely N-dealkylation sites (N-methyl/N-ethyl adjacent to an activating group) is 1. The number of hydrogen-bond acceptors (Lipinski definition) is 5. The summed E-state index contributed by atoms with van der Waals surface area (Å²) in [6, 6.07) is 10.1. The second-order valence-corrected chi connectivity index (χ2v) is 11.3. The molecule has 1 amide bonds. The first-order valence-electron chi connectivity index (χ1n) is 11.6. The molecule has 0 bridgehead atoms. The summed E-state index contributed by atoms with van der Waals surface area (Å²) in [5.74, 6) is -0.287. The van der Waals surface area contributed by atoms with Crippen molar-refractivity contribution in [3.8, 4) is 16.9 Å². The Kier molecular flexibility index (Phi) is 6.98. The number of carbonyl (C=O) groups is 1. The quantitative estimate of drug-likeness (QED) is 0.672. The summed E-state index contributed by atoms with van der Waals surface area (Å²) < 4.78 is 48.2. The van der Waals surface area contributed by atoms with Crippen molar-refractivity contribution in [3.63, 3.8) is 0 Å².